The van der Waals surface area contributed by atoms with Crippen molar-refractivity contribution in [2.45, 2.75) is 24.8 Å². The molecule has 2 N–H and O–H groups in total. The second kappa shape index (κ2) is 7.14. The van der Waals surface area contributed by atoms with Gasteiger partial charge in [0.15, 0.2) is 0 Å². The summed E-state index contributed by atoms with van der Waals surface area (Å²) < 4.78 is 27.3. The zero-order chi connectivity index (χ0) is 15.1. The van der Waals surface area contributed by atoms with E-state index in [1.165, 1.54) is 0 Å². The molecule has 0 bridgehead atoms. The van der Waals surface area contributed by atoms with Gasteiger partial charge in [0.1, 0.15) is 10.7 Å². The summed E-state index contributed by atoms with van der Waals surface area (Å²) in [6, 6.07) is 6.68. The van der Waals surface area contributed by atoms with E-state index < -0.39 is 10.0 Å². The van der Waals surface area contributed by atoms with Gasteiger partial charge in [0.25, 0.3) is 0 Å². The predicted molar refractivity (Wildman–Crippen MR) is 81.3 cm³/mol. The largest absolute Gasteiger partial charge is 0.369 e. The first-order chi connectivity index (χ1) is 10.1. The molecule has 2 aromatic heterocycles. The van der Waals surface area contributed by atoms with Crippen LogP contribution >= 0.6 is 0 Å². The second-order valence-corrected chi connectivity index (χ2v) is 6.19. The Morgan fingerprint density at radius 2 is 1.90 bits per heavy atom. The summed E-state index contributed by atoms with van der Waals surface area (Å²) in [5, 5.41) is 3.03. The molecule has 7 heteroatoms. The Morgan fingerprint density at radius 1 is 1.14 bits per heavy atom. The molecule has 0 saturated heterocycles. The Bertz CT molecular complexity index is 674. The Labute approximate surface area is 124 Å². The van der Waals surface area contributed by atoms with E-state index in [4.69, 9.17) is 0 Å². The van der Waals surface area contributed by atoms with Crippen molar-refractivity contribution in [2.24, 2.45) is 0 Å². The lowest BCUT2D eigenvalue weighted by Gasteiger charge is -2.11. The van der Waals surface area contributed by atoms with E-state index in [1.54, 1.807) is 42.9 Å². The Hall–Kier alpha value is -1.99. The molecule has 0 fully saturated rings. The van der Waals surface area contributed by atoms with Gasteiger partial charge in [-0.05, 0) is 36.2 Å². The van der Waals surface area contributed by atoms with Gasteiger partial charge in [0.2, 0.25) is 10.0 Å². The van der Waals surface area contributed by atoms with Gasteiger partial charge in [-0.25, -0.2) is 18.1 Å². The summed E-state index contributed by atoms with van der Waals surface area (Å²) in [6.07, 6.45) is 5.71. The minimum Gasteiger partial charge on any atom is -0.369 e. The van der Waals surface area contributed by atoms with Gasteiger partial charge in [-0.2, -0.15) is 0 Å². The third-order valence-electron chi connectivity index (χ3n) is 2.82. The van der Waals surface area contributed by atoms with E-state index in [9.17, 15) is 8.42 Å². The monoisotopic (exact) mass is 306 g/mol. The van der Waals surface area contributed by atoms with E-state index in [-0.39, 0.29) is 11.4 Å². The van der Waals surface area contributed by atoms with Crippen LogP contribution in [0.2, 0.25) is 0 Å². The topological polar surface area (TPSA) is 84.0 Å². The molecular weight excluding hydrogens is 288 g/mol. The van der Waals surface area contributed by atoms with Crippen LogP contribution < -0.4 is 10.0 Å². The number of hydrogen-bond acceptors (Lipinski definition) is 5. The zero-order valence-corrected chi connectivity index (χ0v) is 12.6. The minimum atomic E-state index is -3.61. The highest BCUT2D eigenvalue weighted by atomic mass is 32.2. The fourth-order valence-electron chi connectivity index (χ4n) is 1.74. The van der Waals surface area contributed by atoms with E-state index in [0.717, 1.165) is 12.0 Å². The first-order valence-electron chi connectivity index (χ1n) is 6.71. The molecule has 21 heavy (non-hydrogen) atoms. The molecule has 0 aliphatic rings. The highest BCUT2D eigenvalue weighted by Crippen LogP contribution is 2.18. The molecule has 2 heterocycles. The standard InChI is InChI=1S/C14H18N4O2S/c1-2-7-16-14-13(4-3-8-17-14)21(19,20)18-11-12-5-9-15-10-6-12/h3-6,8-10,18H,2,7,11H2,1H3,(H,16,17). The molecule has 0 atom stereocenters. The lowest BCUT2D eigenvalue weighted by Crippen LogP contribution is -2.24. The second-order valence-electron chi connectivity index (χ2n) is 4.46. The highest BCUT2D eigenvalue weighted by molar-refractivity contribution is 7.89. The average Bonchev–Trinajstić information content (AvgIpc) is 2.52. The third-order valence-corrected chi connectivity index (χ3v) is 4.25. The van der Waals surface area contributed by atoms with Crippen LogP contribution in [0, 0.1) is 0 Å². The third kappa shape index (κ3) is 4.24. The van der Waals surface area contributed by atoms with E-state index in [1.807, 2.05) is 6.92 Å². The maximum Gasteiger partial charge on any atom is 0.244 e. The van der Waals surface area contributed by atoms with Crippen LogP contribution in [0.25, 0.3) is 0 Å². The number of pyridine rings is 2. The van der Waals surface area contributed by atoms with Crippen molar-refractivity contribution in [2.75, 3.05) is 11.9 Å². The van der Waals surface area contributed by atoms with Crippen LogP contribution in [0.1, 0.15) is 18.9 Å². The van der Waals surface area contributed by atoms with Gasteiger partial charge in [-0.15, -0.1) is 0 Å². The minimum absolute atomic E-state index is 0.160. The zero-order valence-electron chi connectivity index (χ0n) is 11.8. The molecule has 2 rings (SSSR count). The van der Waals surface area contributed by atoms with Crippen LogP contribution in [0.4, 0.5) is 5.82 Å². The lowest BCUT2D eigenvalue weighted by atomic mass is 10.3. The molecule has 6 nitrogen and oxygen atoms in total. The molecule has 0 aromatic carbocycles. The summed E-state index contributed by atoms with van der Waals surface area (Å²) in [5.41, 5.74) is 0.848. The van der Waals surface area contributed by atoms with Gasteiger partial charge >= 0.3 is 0 Å². The molecule has 112 valence electrons. The fraction of sp³-hybridized carbons (Fsp3) is 0.286. The maximum atomic E-state index is 12.4. The van der Waals surface area contributed by atoms with E-state index >= 15 is 0 Å². The molecule has 2 aromatic rings. The maximum absolute atomic E-state index is 12.4. The van der Waals surface area contributed by atoms with Gasteiger partial charge in [-0.3, -0.25) is 4.98 Å². The first kappa shape index (κ1) is 15.4. The van der Waals surface area contributed by atoms with Gasteiger partial charge in [-0.1, -0.05) is 6.92 Å². The van der Waals surface area contributed by atoms with Crippen LogP contribution in [-0.4, -0.2) is 24.9 Å². The molecule has 0 amide bonds. The molecule has 0 saturated carbocycles. The Morgan fingerprint density at radius 3 is 2.62 bits per heavy atom. The normalized spacial score (nSPS) is 11.3. The van der Waals surface area contributed by atoms with E-state index in [0.29, 0.717) is 12.4 Å². The van der Waals surface area contributed by atoms with Gasteiger partial charge < -0.3 is 5.32 Å². The Balaban J connectivity index is 2.15. The summed E-state index contributed by atoms with van der Waals surface area (Å²) in [6.45, 7) is 2.89. The molecular formula is C14H18N4O2S. The number of aromatic nitrogens is 2. The van der Waals surface area contributed by atoms with Crippen LogP contribution in [0.3, 0.4) is 0 Å². The lowest BCUT2D eigenvalue weighted by molar-refractivity contribution is 0.581. The smallest absolute Gasteiger partial charge is 0.244 e. The van der Waals surface area contributed by atoms with Crippen molar-refractivity contribution >= 4 is 15.8 Å². The number of rotatable bonds is 7. The molecule has 0 radical (unpaired) electrons. The number of nitrogens with zero attached hydrogens (tertiary/aromatic N) is 2. The molecule has 0 spiro atoms. The van der Waals surface area contributed by atoms with Crippen LogP contribution in [-0.2, 0) is 16.6 Å². The van der Waals surface area contributed by atoms with Crippen molar-refractivity contribution in [3.05, 3.63) is 48.4 Å². The van der Waals surface area contributed by atoms with Crippen molar-refractivity contribution in [1.82, 2.24) is 14.7 Å². The van der Waals surface area contributed by atoms with Gasteiger partial charge in [0.05, 0.1) is 0 Å². The first-order valence-corrected chi connectivity index (χ1v) is 8.19. The number of anilines is 1. The molecule has 0 aliphatic carbocycles. The predicted octanol–water partition coefficient (Wildman–Crippen LogP) is 1.78. The Kier molecular flexibility index (Phi) is 5.24. The van der Waals surface area contributed by atoms with Crippen molar-refractivity contribution in [1.29, 1.82) is 0 Å². The number of nitrogens with one attached hydrogen (secondary N) is 2. The SMILES string of the molecule is CCCNc1ncccc1S(=O)(=O)NCc1ccncc1. The molecule has 0 unspecified atom stereocenters. The molecule has 0 aliphatic heterocycles. The quantitative estimate of drug-likeness (QED) is 0.814. The fourth-order valence-corrected chi connectivity index (χ4v) is 2.89. The van der Waals surface area contributed by atoms with Crippen LogP contribution in [0.15, 0.2) is 47.8 Å². The van der Waals surface area contributed by atoms with Crippen LogP contribution in [0.5, 0.6) is 0 Å². The summed E-state index contributed by atoms with van der Waals surface area (Å²) in [5.74, 6) is 0.376. The summed E-state index contributed by atoms with van der Waals surface area (Å²) in [4.78, 5) is 8.16. The van der Waals surface area contributed by atoms with Gasteiger partial charge in [0, 0.05) is 31.7 Å². The average molecular weight is 306 g/mol. The summed E-state index contributed by atoms with van der Waals surface area (Å²) in [7, 11) is -3.61. The van der Waals surface area contributed by atoms with Crippen molar-refractivity contribution < 1.29 is 8.42 Å². The summed E-state index contributed by atoms with van der Waals surface area (Å²) >= 11 is 0. The van der Waals surface area contributed by atoms with Crippen molar-refractivity contribution in [3.8, 4) is 0 Å². The number of hydrogen-bond donors (Lipinski definition) is 2. The van der Waals surface area contributed by atoms with Crippen molar-refractivity contribution in [3.63, 3.8) is 0 Å². The highest BCUT2D eigenvalue weighted by Gasteiger charge is 2.18. The van der Waals surface area contributed by atoms with E-state index in [2.05, 4.69) is 20.0 Å². The number of sulfonamides is 1.